The van der Waals surface area contributed by atoms with Crippen molar-refractivity contribution in [1.82, 2.24) is 9.97 Å². The zero-order chi connectivity index (χ0) is 17.4. The van der Waals surface area contributed by atoms with Crippen LogP contribution in [0.15, 0.2) is 30.6 Å². The Bertz CT molecular complexity index is 927. The van der Waals surface area contributed by atoms with Crippen molar-refractivity contribution in [3.8, 4) is 11.5 Å². The quantitative estimate of drug-likeness (QED) is 0.753. The van der Waals surface area contributed by atoms with Crippen molar-refractivity contribution in [1.29, 1.82) is 0 Å². The third kappa shape index (κ3) is 3.19. The first-order valence-electron chi connectivity index (χ1n) is 7.45. The minimum Gasteiger partial charge on any atom is -0.454 e. The minimum atomic E-state index is -4.38. The predicted octanol–water partition coefficient (Wildman–Crippen LogP) is 4.09. The summed E-state index contributed by atoms with van der Waals surface area (Å²) in [5.41, 5.74) is 1.03. The molecule has 2 aromatic heterocycles. The second kappa shape index (κ2) is 6.07. The van der Waals surface area contributed by atoms with Crippen molar-refractivity contribution in [2.45, 2.75) is 12.6 Å². The normalized spacial score (nSPS) is 13.4. The monoisotopic (exact) mass is 367 g/mol. The summed E-state index contributed by atoms with van der Waals surface area (Å²) in [7, 11) is 0. The van der Waals surface area contributed by atoms with E-state index in [2.05, 4.69) is 15.3 Å². The fourth-order valence-electron chi connectivity index (χ4n) is 2.56. The van der Waals surface area contributed by atoms with Crippen molar-refractivity contribution in [2.24, 2.45) is 0 Å². The van der Waals surface area contributed by atoms with Gasteiger partial charge < -0.3 is 14.8 Å². The Morgan fingerprint density at radius 3 is 2.80 bits per heavy atom. The smallest absolute Gasteiger partial charge is 0.425 e. The van der Waals surface area contributed by atoms with E-state index in [1.165, 1.54) is 6.33 Å². The Balaban J connectivity index is 1.48. The number of alkyl halides is 3. The molecule has 9 heteroatoms. The average Bonchev–Trinajstić information content (AvgIpc) is 3.21. The fourth-order valence-corrected chi connectivity index (χ4v) is 3.42. The Morgan fingerprint density at radius 1 is 1.12 bits per heavy atom. The molecular weight excluding hydrogens is 355 g/mol. The molecule has 1 aliphatic rings. The number of fused-ring (bicyclic) bond motifs is 2. The number of aromatic nitrogens is 2. The molecule has 130 valence electrons. The lowest BCUT2D eigenvalue weighted by Gasteiger charge is -2.07. The van der Waals surface area contributed by atoms with E-state index in [9.17, 15) is 13.2 Å². The van der Waals surface area contributed by atoms with Crippen LogP contribution in [0.25, 0.3) is 10.2 Å². The highest BCUT2D eigenvalue weighted by Gasteiger charge is 2.33. The standard InChI is InChI=1S/C16H12F3N3O2S/c17-16(18,19)13-6-10-14(21-7-22-15(10)25-13)20-4-3-9-1-2-11-12(5-9)24-8-23-11/h1-2,5-7H,3-4,8H2,(H,20,21,22). The summed E-state index contributed by atoms with van der Waals surface area (Å²) in [5.74, 6) is 1.82. The van der Waals surface area contributed by atoms with E-state index in [0.717, 1.165) is 11.6 Å². The molecule has 0 unspecified atom stereocenters. The van der Waals surface area contributed by atoms with Crippen molar-refractivity contribution in [3.63, 3.8) is 0 Å². The third-order valence-corrected chi connectivity index (χ3v) is 4.84. The van der Waals surface area contributed by atoms with Gasteiger partial charge in [-0.2, -0.15) is 13.2 Å². The van der Waals surface area contributed by atoms with E-state index in [1.807, 2.05) is 18.2 Å². The Kier molecular flexibility index (Phi) is 3.87. The van der Waals surface area contributed by atoms with Gasteiger partial charge in [0.05, 0.1) is 5.39 Å². The van der Waals surface area contributed by atoms with Gasteiger partial charge in [0, 0.05) is 6.54 Å². The van der Waals surface area contributed by atoms with E-state index in [-0.39, 0.29) is 6.79 Å². The molecule has 3 heterocycles. The second-order valence-corrected chi connectivity index (χ2v) is 6.44. The van der Waals surface area contributed by atoms with Crippen LogP contribution in [0.2, 0.25) is 0 Å². The molecule has 0 saturated carbocycles. The molecule has 0 saturated heterocycles. The van der Waals surface area contributed by atoms with Crippen LogP contribution >= 0.6 is 11.3 Å². The van der Waals surface area contributed by atoms with Gasteiger partial charge in [-0.15, -0.1) is 11.3 Å². The summed E-state index contributed by atoms with van der Waals surface area (Å²) in [5, 5.41) is 3.46. The van der Waals surface area contributed by atoms with Crippen LogP contribution in [0.5, 0.6) is 11.5 Å². The summed E-state index contributed by atoms with van der Waals surface area (Å²) < 4.78 is 49.2. The molecular formula is C16H12F3N3O2S. The van der Waals surface area contributed by atoms with Crippen molar-refractivity contribution < 1.29 is 22.6 Å². The summed E-state index contributed by atoms with van der Waals surface area (Å²) in [4.78, 5) is 7.62. The molecule has 0 amide bonds. The SMILES string of the molecule is FC(F)(F)c1cc2c(NCCc3ccc4c(c3)OCO4)ncnc2s1. The van der Waals surface area contributed by atoms with Gasteiger partial charge in [-0.1, -0.05) is 6.07 Å². The van der Waals surface area contributed by atoms with Crippen molar-refractivity contribution in [2.75, 3.05) is 18.7 Å². The maximum atomic E-state index is 12.9. The lowest BCUT2D eigenvalue weighted by atomic mass is 10.1. The van der Waals surface area contributed by atoms with Gasteiger partial charge in [-0.3, -0.25) is 0 Å². The van der Waals surface area contributed by atoms with Crippen LogP contribution in [-0.4, -0.2) is 23.3 Å². The van der Waals surface area contributed by atoms with Crippen LogP contribution in [0.4, 0.5) is 19.0 Å². The summed E-state index contributed by atoms with van der Waals surface area (Å²) in [6.45, 7) is 0.735. The van der Waals surface area contributed by atoms with E-state index in [0.29, 0.717) is 51.8 Å². The molecule has 0 bridgehead atoms. The molecule has 0 atom stereocenters. The lowest BCUT2D eigenvalue weighted by molar-refractivity contribution is -0.134. The summed E-state index contributed by atoms with van der Waals surface area (Å²) >= 11 is 0.615. The maximum absolute atomic E-state index is 12.9. The van der Waals surface area contributed by atoms with Gasteiger partial charge in [0.1, 0.15) is 21.9 Å². The van der Waals surface area contributed by atoms with E-state index >= 15 is 0 Å². The molecule has 1 aliphatic heterocycles. The van der Waals surface area contributed by atoms with Gasteiger partial charge in [0.15, 0.2) is 11.5 Å². The fraction of sp³-hybridized carbons (Fsp3) is 0.250. The van der Waals surface area contributed by atoms with E-state index in [4.69, 9.17) is 9.47 Å². The number of rotatable bonds is 4. The molecule has 0 spiro atoms. The highest BCUT2D eigenvalue weighted by atomic mass is 32.1. The van der Waals surface area contributed by atoms with Crippen LogP contribution in [0.3, 0.4) is 0 Å². The highest BCUT2D eigenvalue weighted by Crippen LogP contribution is 2.39. The number of benzene rings is 1. The van der Waals surface area contributed by atoms with Gasteiger partial charge in [0.2, 0.25) is 6.79 Å². The highest BCUT2D eigenvalue weighted by molar-refractivity contribution is 7.18. The number of thiophene rings is 1. The Labute approximate surface area is 144 Å². The largest absolute Gasteiger partial charge is 0.454 e. The van der Waals surface area contributed by atoms with Crippen LogP contribution in [0, 0.1) is 0 Å². The molecule has 0 radical (unpaired) electrons. The van der Waals surface area contributed by atoms with Gasteiger partial charge >= 0.3 is 6.18 Å². The molecule has 5 nitrogen and oxygen atoms in total. The zero-order valence-electron chi connectivity index (χ0n) is 12.8. The number of nitrogens with zero attached hydrogens (tertiary/aromatic N) is 2. The minimum absolute atomic E-state index is 0.218. The molecule has 0 fully saturated rings. The average molecular weight is 367 g/mol. The number of ether oxygens (including phenoxy) is 2. The van der Waals surface area contributed by atoms with Crippen molar-refractivity contribution in [3.05, 3.63) is 41.0 Å². The van der Waals surface area contributed by atoms with Gasteiger partial charge in [-0.05, 0) is 30.2 Å². The summed E-state index contributed by atoms with van der Waals surface area (Å²) in [6.07, 6.45) is -2.45. The Morgan fingerprint density at radius 2 is 1.96 bits per heavy atom. The lowest BCUT2D eigenvalue weighted by Crippen LogP contribution is -2.06. The molecule has 3 aromatic rings. The van der Waals surface area contributed by atoms with E-state index in [1.54, 1.807) is 0 Å². The maximum Gasteiger partial charge on any atom is 0.425 e. The number of anilines is 1. The predicted molar refractivity (Wildman–Crippen MR) is 87.2 cm³/mol. The first-order chi connectivity index (χ1) is 12.0. The van der Waals surface area contributed by atoms with Crippen LogP contribution in [0.1, 0.15) is 10.4 Å². The number of hydrogen-bond donors (Lipinski definition) is 1. The molecule has 1 aromatic carbocycles. The third-order valence-electron chi connectivity index (χ3n) is 3.75. The first-order valence-corrected chi connectivity index (χ1v) is 8.26. The number of halogens is 3. The van der Waals surface area contributed by atoms with E-state index < -0.39 is 11.1 Å². The van der Waals surface area contributed by atoms with Crippen molar-refractivity contribution >= 4 is 27.4 Å². The second-order valence-electron chi connectivity index (χ2n) is 5.41. The number of nitrogens with one attached hydrogen (secondary N) is 1. The van der Waals surface area contributed by atoms with Crippen LogP contribution in [-0.2, 0) is 12.6 Å². The molecule has 0 aliphatic carbocycles. The molecule has 25 heavy (non-hydrogen) atoms. The van der Waals surface area contributed by atoms with Crippen LogP contribution < -0.4 is 14.8 Å². The molecule has 1 N–H and O–H groups in total. The van der Waals surface area contributed by atoms with Gasteiger partial charge in [0.25, 0.3) is 0 Å². The topological polar surface area (TPSA) is 56.3 Å². The Hall–Kier alpha value is -2.55. The zero-order valence-corrected chi connectivity index (χ0v) is 13.6. The first kappa shape index (κ1) is 15.9. The number of hydrogen-bond acceptors (Lipinski definition) is 6. The summed E-state index contributed by atoms with van der Waals surface area (Å²) in [6, 6.07) is 6.75. The van der Waals surface area contributed by atoms with Gasteiger partial charge in [-0.25, -0.2) is 9.97 Å². The molecule has 4 rings (SSSR count).